The lowest BCUT2D eigenvalue weighted by atomic mass is 9.95. The lowest BCUT2D eigenvalue weighted by Gasteiger charge is -2.25. The minimum Gasteiger partial charge on any atom is -0.507 e. The molecule has 2 aromatic carbocycles. The van der Waals surface area contributed by atoms with Crippen molar-refractivity contribution < 1.29 is 33.7 Å². The van der Waals surface area contributed by atoms with Crippen molar-refractivity contribution in [3.63, 3.8) is 0 Å². The second kappa shape index (κ2) is 11.4. The molecule has 1 amide bonds. The van der Waals surface area contributed by atoms with E-state index in [9.17, 15) is 19.5 Å². The van der Waals surface area contributed by atoms with E-state index in [1.165, 1.54) is 43.5 Å². The number of aliphatic hydroxyl groups is 1. The van der Waals surface area contributed by atoms with Crippen molar-refractivity contribution >= 4 is 40.7 Å². The molecule has 196 valence electrons. The minimum atomic E-state index is -1.06. The Kier molecular flexibility index (Phi) is 7.97. The number of hydrogen-bond acceptors (Lipinski definition) is 8. The van der Waals surface area contributed by atoms with Crippen LogP contribution >= 0.6 is 11.6 Å². The van der Waals surface area contributed by atoms with Gasteiger partial charge in [-0.2, -0.15) is 0 Å². The first-order valence-electron chi connectivity index (χ1n) is 11.7. The summed E-state index contributed by atoms with van der Waals surface area (Å²) in [6, 6.07) is 11.3. The minimum absolute atomic E-state index is 0.0992. The van der Waals surface area contributed by atoms with Crippen LogP contribution in [0, 0.1) is 0 Å². The molecule has 0 spiro atoms. The van der Waals surface area contributed by atoms with Gasteiger partial charge in [-0.25, -0.2) is 4.79 Å². The highest BCUT2D eigenvalue weighted by molar-refractivity contribution is 6.51. The standard InChI is InChI=1S/C28H25ClN2O7/c1-4-11-38-28(35)16-7-5-9-18(12-16)31-24(17-8-6-10-30-15-17)23(26(33)27(31)34)25(32)19-13-20(29)22(37-3)14-21(19)36-2/h5-10,12-15,24,32H,4,11H2,1-3H3/b25-23+. The van der Waals surface area contributed by atoms with Crippen molar-refractivity contribution in [2.24, 2.45) is 0 Å². The average molecular weight is 537 g/mol. The van der Waals surface area contributed by atoms with Crippen LogP contribution in [0.15, 0.2) is 66.5 Å². The third kappa shape index (κ3) is 4.92. The van der Waals surface area contributed by atoms with E-state index < -0.39 is 29.5 Å². The zero-order valence-electron chi connectivity index (χ0n) is 20.9. The quantitative estimate of drug-likeness (QED) is 0.186. The zero-order chi connectivity index (χ0) is 27.4. The topological polar surface area (TPSA) is 115 Å². The van der Waals surface area contributed by atoms with Crippen LogP contribution in [-0.2, 0) is 14.3 Å². The van der Waals surface area contributed by atoms with Crippen molar-refractivity contribution in [3.05, 3.63) is 88.2 Å². The Hall–Kier alpha value is -4.37. The Labute approximate surface area is 224 Å². The SMILES string of the molecule is CCCOC(=O)c1cccc(N2C(=O)C(=O)/C(=C(/O)c3cc(Cl)c(OC)cc3OC)C2c2cccnc2)c1. The molecule has 0 radical (unpaired) electrons. The molecule has 1 saturated heterocycles. The Morgan fingerprint density at radius 2 is 1.84 bits per heavy atom. The monoisotopic (exact) mass is 536 g/mol. The summed E-state index contributed by atoms with van der Waals surface area (Å²) >= 11 is 6.31. The smallest absolute Gasteiger partial charge is 0.338 e. The molecule has 10 heteroatoms. The number of anilines is 1. The summed E-state index contributed by atoms with van der Waals surface area (Å²) in [7, 11) is 2.82. The third-order valence-electron chi connectivity index (χ3n) is 5.97. The summed E-state index contributed by atoms with van der Waals surface area (Å²) in [5.41, 5.74) is 0.853. The first-order valence-corrected chi connectivity index (χ1v) is 12.1. The number of Topliss-reactive ketones (excluding diaryl/α,β-unsaturated/α-hetero) is 1. The molecular weight excluding hydrogens is 512 g/mol. The van der Waals surface area contributed by atoms with E-state index >= 15 is 0 Å². The number of benzene rings is 2. The lowest BCUT2D eigenvalue weighted by Crippen LogP contribution is -2.29. The summed E-state index contributed by atoms with van der Waals surface area (Å²) in [6.45, 7) is 2.12. The van der Waals surface area contributed by atoms with Gasteiger partial charge in [0, 0.05) is 24.1 Å². The summed E-state index contributed by atoms with van der Waals surface area (Å²) in [6.07, 6.45) is 3.70. The number of rotatable bonds is 8. The maximum Gasteiger partial charge on any atom is 0.338 e. The number of amides is 1. The second-order valence-corrected chi connectivity index (χ2v) is 8.74. The molecule has 1 fully saturated rings. The number of pyridine rings is 1. The molecule has 4 rings (SSSR count). The molecule has 2 heterocycles. The van der Waals surface area contributed by atoms with Gasteiger partial charge in [0.15, 0.2) is 0 Å². The number of nitrogens with zero attached hydrogens (tertiary/aromatic N) is 2. The average Bonchev–Trinajstić information content (AvgIpc) is 3.21. The zero-order valence-corrected chi connectivity index (χ0v) is 21.7. The van der Waals surface area contributed by atoms with Crippen LogP contribution in [-0.4, -0.2) is 48.6 Å². The Morgan fingerprint density at radius 3 is 2.50 bits per heavy atom. The number of carbonyl (C=O) groups is 3. The number of halogens is 1. The van der Waals surface area contributed by atoms with Crippen molar-refractivity contribution in [2.45, 2.75) is 19.4 Å². The number of methoxy groups -OCH3 is 2. The summed E-state index contributed by atoms with van der Waals surface area (Å²) < 4.78 is 15.8. The van der Waals surface area contributed by atoms with E-state index in [1.54, 1.807) is 36.5 Å². The number of esters is 1. The summed E-state index contributed by atoms with van der Waals surface area (Å²) in [4.78, 5) is 44.7. The van der Waals surface area contributed by atoms with E-state index in [0.29, 0.717) is 17.7 Å². The Balaban J connectivity index is 1.91. The summed E-state index contributed by atoms with van der Waals surface area (Å²) in [5.74, 6) is -2.38. The summed E-state index contributed by atoms with van der Waals surface area (Å²) in [5, 5.41) is 11.6. The molecule has 1 aromatic heterocycles. The Bertz CT molecular complexity index is 1420. The van der Waals surface area contributed by atoms with E-state index in [0.717, 1.165) is 0 Å². The predicted molar refractivity (Wildman–Crippen MR) is 141 cm³/mol. The largest absolute Gasteiger partial charge is 0.507 e. The molecule has 38 heavy (non-hydrogen) atoms. The van der Waals surface area contributed by atoms with Crippen LogP contribution in [0.1, 0.15) is 40.9 Å². The molecule has 1 aliphatic rings. The van der Waals surface area contributed by atoms with Crippen molar-refractivity contribution in [2.75, 3.05) is 25.7 Å². The van der Waals surface area contributed by atoms with Gasteiger partial charge in [0.05, 0.1) is 48.6 Å². The van der Waals surface area contributed by atoms with Crippen LogP contribution in [0.4, 0.5) is 5.69 Å². The number of hydrogen-bond donors (Lipinski definition) is 1. The van der Waals surface area contributed by atoms with Gasteiger partial charge in [-0.05, 0) is 42.3 Å². The van der Waals surface area contributed by atoms with E-state index in [4.69, 9.17) is 25.8 Å². The number of ketones is 1. The number of aliphatic hydroxyl groups excluding tert-OH is 1. The first kappa shape index (κ1) is 26.7. The van der Waals surface area contributed by atoms with E-state index in [1.807, 2.05) is 6.92 Å². The molecule has 0 saturated carbocycles. The Morgan fingerprint density at radius 1 is 1.08 bits per heavy atom. The highest BCUT2D eigenvalue weighted by Crippen LogP contribution is 2.44. The molecule has 0 bridgehead atoms. The lowest BCUT2D eigenvalue weighted by molar-refractivity contribution is -0.132. The van der Waals surface area contributed by atoms with Crippen LogP contribution in [0.2, 0.25) is 5.02 Å². The van der Waals surface area contributed by atoms with Gasteiger partial charge < -0.3 is 19.3 Å². The van der Waals surface area contributed by atoms with Crippen molar-refractivity contribution in [1.29, 1.82) is 0 Å². The van der Waals surface area contributed by atoms with Gasteiger partial charge in [-0.15, -0.1) is 0 Å². The number of ether oxygens (including phenoxy) is 3. The highest BCUT2D eigenvalue weighted by atomic mass is 35.5. The second-order valence-electron chi connectivity index (χ2n) is 8.33. The molecule has 9 nitrogen and oxygen atoms in total. The van der Waals surface area contributed by atoms with Crippen LogP contribution < -0.4 is 14.4 Å². The molecule has 1 atom stereocenters. The molecule has 1 N–H and O–H groups in total. The van der Waals surface area contributed by atoms with Gasteiger partial charge in [0.2, 0.25) is 0 Å². The molecular formula is C28H25ClN2O7. The van der Waals surface area contributed by atoms with E-state index in [-0.39, 0.29) is 39.8 Å². The first-order chi connectivity index (χ1) is 18.3. The van der Waals surface area contributed by atoms with Gasteiger partial charge in [-0.1, -0.05) is 30.7 Å². The van der Waals surface area contributed by atoms with Gasteiger partial charge >= 0.3 is 5.97 Å². The molecule has 3 aromatic rings. The molecule has 1 unspecified atom stereocenters. The van der Waals surface area contributed by atoms with Gasteiger partial charge in [-0.3, -0.25) is 19.5 Å². The number of aromatic nitrogens is 1. The molecule has 1 aliphatic heterocycles. The normalized spacial score (nSPS) is 16.4. The maximum absolute atomic E-state index is 13.4. The van der Waals surface area contributed by atoms with Crippen molar-refractivity contribution in [3.8, 4) is 11.5 Å². The maximum atomic E-state index is 13.4. The van der Waals surface area contributed by atoms with Crippen LogP contribution in [0.5, 0.6) is 11.5 Å². The van der Waals surface area contributed by atoms with Crippen molar-refractivity contribution in [1.82, 2.24) is 4.98 Å². The van der Waals surface area contributed by atoms with E-state index in [2.05, 4.69) is 4.98 Å². The number of carbonyl (C=O) groups excluding carboxylic acids is 3. The fourth-order valence-corrected chi connectivity index (χ4v) is 4.44. The highest BCUT2D eigenvalue weighted by Gasteiger charge is 2.47. The van der Waals surface area contributed by atoms with Crippen LogP contribution in [0.3, 0.4) is 0 Å². The fraction of sp³-hybridized carbons (Fsp3) is 0.214. The molecule has 0 aliphatic carbocycles. The predicted octanol–water partition coefficient (Wildman–Crippen LogP) is 4.95. The van der Waals surface area contributed by atoms with Crippen LogP contribution in [0.25, 0.3) is 5.76 Å². The van der Waals surface area contributed by atoms with Gasteiger partial charge in [0.1, 0.15) is 17.3 Å². The van der Waals surface area contributed by atoms with Gasteiger partial charge in [0.25, 0.3) is 11.7 Å². The fourth-order valence-electron chi connectivity index (χ4n) is 4.20. The third-order valence-corrected chi connectivity index (χ3v) is 6.27.